The van der Waals surface area contributed by atoms with E-state index in [-0.39, 0.29) is 11.4 Å². The molecule has 2 heterocycles. The van der Waals surface area contributed by atoms with Crippen LogP contribution >= 0.6 is 0 Å². The highest BCUT2D eigenvalue weighted by Gasteiger charge is 2.28. The molecule has 0 aliphatic carbocycles. The number of carbonyl (C=O) groups is 1. The van der Waals surface area contributed by atoms with Crippen LogP contribution in [0.2, 0.25) is 0 Å². The van der Waals surface area contributed by atoms with Crippen LogP contribution in [0.5, 0.6) is 0 Å². The minimum absolute atomic E-state index is 0.155. The van der Waals surface area contributed by atoms with Gasteiger partial charge in [0.15, 0.2) is 0 Å². The molecule has 0 bridgehead atoms. The molecule has 1 amide bonds. The molecule has 148 valence electrons. The van der Waals surface area contributed by atoms with Crippen molar-refractivity contribution < 1.29 is 4.79 Å². The van der Waals surface area contributed by atoms with Gasteiger partial charge in [-0.05, 0) is 62.9 Å². The summed E-state index contributed by atoms with van der Waals surface area (Å²) in [4.78, 5) is 17.3. The Kier molecular flexibility index (Phi) is 5.15. The lowest BCUT2D eigenvalue weighted by atomic mass is 9.93. The quantitative estimate of drug-likeness (QED) is 0.845. The van der Waals surface area contributed by atoms with E-state index in [4.69, 9.17) is 0 Å². The van der Waals surface area contributed by atoms with Crippen LogP contribution in [-0.2, 0) is 6.42 Å². The van der Waals surface area contributed by atoms with E-state index in [0.717, 1.165) is 44.6 Å². The molecule has 1 fully saturated rings. The third-order valence-electron chi connectivity index (χ3n) is 6.13. The van der Waals surface area contributed by atoms with Crippen molar-refractivity contribution >= 4 is 11.6 Å². The van der Waals surface area contributed by atoms with Gasteiger partial charge in [-0.15, -0.1) is 0 Å². The molecule has 2 aliphatic heterocycles. The Morgan fingerprint density at radius 3 is 2.32 bits per heavy atom. The topological polar surface area (TPSA) is 35.6 Å². The summed E-state index contributed by atoms with van der Waals surface area (Å²) in [5.41, 5.74) is 4.84. The first-order valence-electron chi connectivity index (χ1n) is 10.4. The number of piperazine rings is 1. The average Bonchev–Trinajstić information content (AvgIpc) is 2.72. The lowest BCUT2D eigenvalue weighted by Crippen LogP contribution is -2.54. The number of hydrogen-bond donors (Lipinski definition) is 1. The summed E-state index contributed by atoms with van der Waals surface area (Å²) in [6, 6.07) is 17.1. The molecule has 1 N–H and O–H groups in total. The van der Waals surface area contributed by atoms with E-state index in [0.29, 0.717) is 6.04 Å². The summed E-state index contributed by atoms with van der Waals surface area (Å²) in [5, 5.41) is 3.64. The number of amides is 1. The Morgan fingerprint density at radius 2 is 1.64 bits per heavy atom. The molecule has 1 atom stereocenters. The number of benzene rings is 2. The normalized spacial score (nSPS) is 20.4. The van der Waals surface area contributed by atoms with Crippen molar-refractivity contribution in [3.63, 3.8) is 0 Å². The van der Waals surface area contributed by atoms with Gasteiger partial charge in [-0.2, -0.15) is 0 Å². The summed E-state index contributed by atoms with van der Waals surface area (Å²) < 4.78 is 0. The van der Waals surface area contributed by atoms with E-state index in [2.05, 4.69) is 67.4 Å². The Balaban J connectivity index is 1.39. The van der Waals surface area contributed by atoms with E-state index in [1.807, 2.05) is 17.0 Å². The van der Waals surface area contributed by atoms with Crippen LogP contribution in [0.4, 0.5) is 5.69 Å². The standard InChI is InChI=1S/C24H31N3O/c1-24(2,3)27-16-14-26(15-17-27)23(28)20-10-8-19(9-11-20)22-13-12-18-6-4-5-7-21(18)25-22/h4-11,22,25H,12-17H2,1-3H3. The van der Waals surface area contributed by atoms with E-state index in [1.165, 1.54) is 16.8 Å². The number of rotatable bonds is 2. The fourth-order valence-electron chi connectivity index (χ4n) is 4.31. The molecule has 0 radical (unpaired) electrons. The number of aryl methyl sites for hydroxylation is 1. The molecule has 2 aromatic carbocycles. The maximum atomic E-state index is 12.9. The van der Waals surface area contributed by atoms with Crippen LogP contribution in [0.3, 0.4) is 0 Å². The maximum absolute atomic E-state index is 12.9. The first kappa shape index (κ1) is 19.0. The highest BCUT2D eigenvalue weighted by Crippen LogP contribution is 2.32. The predicted molar refractivity (Wildman–Crippen MR) is 115 cm³/mol. The number of para-hydroxylation sites is 1. The molecule has 2 aliphatic rings. The molecule has 4 heteroatoms. The van der Waals surface area contributed by atoms with E-state index >= 15 is 0 Å². The molecule has 0 aromatic heterocycles. The van der Waals surface area contributed by atoms with Crippen molar-refractivity contribution in [1.29, 1.82) is 0 Å². The minimum Gasteiger partial charge on any atom is -0.378 e. The third kappa shape index (κ3) is 3.93. The van der Waals surface area contributed by atoms with Gasteiger partial charge in [0.05, 0.1) is 6.04 Å². The smallest absolute Gasteiger partial charge is 0.253 e. The number of carbonyl (C=O) groups excluding carboxylic acids is 1. The number of hydrogen-bond acceptors (Lipinski definition) is 3. The molecule has 0 saturated carbocycles. The zero-order valence-corrected chi connectivity index (χ0v) is 17.2. The van der Waals surface area contributed by atoms with Crippen LogP contribution in [0, 0.1) is 0 Å². The number of nitrogens with one attached hydrogen (secondary N) is 1. The molecule has 4 nitrogen and oxygen atoms in total. The van der Waals surface area contributed by atoms with Gasteiger partial charge in [-0.1, -0.05) is 30.3 Å². The van der Waals surface area contributed by atoms with Crippen molar-refractivity contribution in [2.45, 2.75) is 45.2 Å². The molecular weight excluding hydrogens is 346 g/mol. The first-order valence-corrected chi connectivity index (χ1v) is 10.4. The summed E-state index contributed by atoms with van der Waals surface area (Å²) >= 11 is 0. The molecular formula is C24H31N3O. The molecule has 0 spiro atoms. The van der Waals surface area contributed by atoms with Crippen LogP contribution in [-0.4, -0.2) is 47.4 Å². The second-order valence-corrected chi connectivity index (χ2v) is 8.96. The van der Waals surface area contributed by atoms with E-state index in [9.17, 15) is 4.79 Å². The Morgan fingerprint density at radius 1 is 0.964 bits per heavy atom. The van der Waals surface area contributed by atoms with Crippen molar-refractivity contribution in [2.24, 2.45) is 0 Å². The SMILES string of the molecule is CC(C)(C)N1CCN(C(=O)c2ccc(C3CCc4ccccc4N3)cc2)CC1. The molecule has 28 heavy (non-hydrogen) atoms. The van der Waals surface area contributed by atoms with Crippen LogP contribution < -0.4 is 5.32 Å². The van der Waals surface area contributed by atoms with Crippen LogP contribution in [0.25, 0.3) is 0 Å². The fraction of sp³-hybridized carbons (Fsp3) is 0.458. The average molecular weight is 378 g/mol. The van der Waals surface area contributed by atoms with Crippen molar-refractivity contribution in [2.75, 3.05) is 31.5 Å². The van der Waals surface area contributed by atoms with Gasteiger partial charge < -0.3 is 10.2 Å². The lowest BCUT2D eigenvalue weighted by Gasteiger charge is -2.42. The first-order chi connectivity index (χ1) is 13.4. The summed E-state index contributed by atoms with van der Waals surface area (Å²) in [7, 11) is 0. The van der Waals surface area contributed by atoms with Crippen LogP contribution in [0.1, 0.15) is 54.7 Å². The fourth-order valence-corrected chi connectivity index (χ4v) is 4.31. The second-order valence-electron chi connectivity index (χ2n) is 8.96. The van der Waals surface area contributed by atoms with Gasteiger partial charge in [-0.25, -0.2) is 0 Å². The van der Waals surface area contributed by atoms with Gasteiger partial charge >= 0.3 is 0 Å². The largest absolute Gasteiger partial charge is 0.378 e. The number of anilines is 1. The minimum atomic E-state index is 0.155. The predicted octanol–water partition coefficient (Wildman–Crippen LogP) is 4.34. The third-order valence-corrected chi connectivity index (χ3v) is 6.13. The zero-order chi connectivity index (χ0) is 19.7. The molecule has 1 saturated heterocycles. The van der Waals surface area contributed by atoms with Gasteiger partial charge in [0.2, 0.25) is 0 Å². The van der Waals surface area contributed by atoms with Crippen molar-refractivity contribution in [1.82, 2.24) is 9.80 Å². The number of nitrogens with zero attached hydrogens (tertiary/aromatic N) is 2. The van der Waals surface area contributed by atoms with Gasteiger partial charge in [0.25, 0.3) is 5.91 Å². The van der Waals surface area contributed by atoms with Crippen molar-refractivity contribution in [3.8, 4) is 0 Å². The van der Waals surface area contributed by atoms with Crippen molar-refractivity contribution in [3.05, 3.63) is 65.2 Å². The maximum Gasteiger partial charge on any atom is 0.253 e. The van der Waals surface area contributed by atoms with Gasteiger partial charge in [0.1, 0.15) is 0 Å². The molecule has 2 aromatic rings. The molecule has 4 rings (SSSR count). The van der Waals surface area contributed by atoms with E-state index < -0.39 is 0 Å². The van der Waals surface area contributed by atoms with Gasteiger partial charge in [0, 0.05) is 43.0 Å². The molecule has 1 unspecified atom stereocenters. The second kappa shape index (κ2) is 7.59. The van der Waals surface area contributed by atoms with E-state index in [1.54, 1.807) is 0 Å². The van der Waals surface area contributed by atoms with Crippen LogP contribution in [0.15, 0.2) is 48.5 Å². The van der Waals surface area contributed by atoms with Gasteiger partial charge in [-0.3, -0.25) is 9.69 Å². The monoisotopic (exact) mass is 377 g/mol. The Labute approximate surface area is 168 Å². The summed E-state index contributed by atoms with van der Waals surface area (Å²) in [5.74, 6) is 0.155. The number of fused-ring (bicyclic) bond motifs is 1. The summed E-state index contributed by atoms with van der Waals surface area (Å²) in [6.45, 7) is 10.2. The summed E-state index contributed by atoms with van der Waals surface area (Å²) in [6.07, 6.45) is 2.17. The Hall–Kier alpha value is -2.33. The highest BCUT2D eigenvalue weighted by molar-refractivity contribution is 5.94. The Bertz CT molecular complexity index is 830. The lowest BCUT2D eigenvalue weighted by molar-refractivity contribution is 0.0451. The zero-order valence-electron chi connectivity index (χ0n) is 17.2. The highest BCUT2D eigenvalue weighted by atomic mass is 16.2.